The predicted molar refractivity (Wildman–Crippen MR) is 126 cm³/mol. The van der Waals surface area contributed by atoms with Crippen molar-refractivity contribution in [2.75, 3.05) is 13.2 Å². The molecule has 4 aliphatic rings. The molecule has 10 heteroatoms. The molecule has 0 spiro atoms. The Hall–Kier alpha value is -2.73. The molecule has 0 radical (unpaired) electrons. The van der Waals surface area contributed by atoms with Crippen LogP contribution in [-0.2, 0) is 25.4 Å². The number of aliphatic hydroxyl groups is 4. The average Bonchev–Trinajstić information content (AvgIpc) is 3.28. The number of nitrogens with zero attached hydrogens (tertiary/aromatic N) is 1. The van der Waals surface area contributed by atoms with Gasteiger partial charge in [0.15, 0.2) is 6.29 Å². The van der Waals surface area contributed by atoms with E-state index in [1.54, 1.807) is 6.08 Å². The van der Waals surface area contributed by atoms with E-state index in [1.165, 1.54) is 17.2 Å². The van der Waals surface area contributed by atoms with E-state index in [-0.39, 0.29) is 17.9 Å². The van der Waals surface area contributed by atoms with E-state index in [9.17, 15) is 25.2 Å². The lowest BCUT2D eigenvalue weighted by Crippen LogP contribution is -2.60. The van der Waals surface area contributed by atoms with Crippen molar-refractivity contribution in [3.8, 4) is 0 Å². The Morgan fingerprint density at radius 1 is 1.17 bits per heavy atom. The molecular weight excluding hydrogens is 468 g/mol. The third-order valence-corrected chi connectivity index (χ3v) is 8.04. The maximum Gasteiger partial charge on any atom is 0.253 e. The number of benzene rings is 1. The number of amides is 1. The van der Waals surface area contributed by atoms with Crippen LogP contribution in [0.25, 0.3) is 10.9 Å². The van der Waals surface area contributed by atoms with E-state index in [0.717, 1.165) is 17.6 Å². The molecule has 6 unspecified atom stereocenters. The summed E-state index contributed by atoms with van der Waals surface area (Å²) in [7, 11) is 0. The Bertz CT molecular complexity index is 1210. The Morgan fingerprint density at radius 3 is 2.75 bits per heavy atom. The minimum Gasteiger partial charge on any atom is -0.471 e. The maximum absolute atomic E-state index is 13.5. The van der Waals surface area contributed by atoms with Gasteiger partial charge in [0.25, 0.3) is 5.91 Å². The summed E-state index contributed by atoms with van der Waals surface area (Å²) in [4.78, 5) is 19.0. The van der Waals surface area contributed by atoms with Crippen molar-refractivity contribution in [1.29, 1.82) is 0 Å². The molecule has 4 aliphatic heterocycles. The van der Waals surface area contributed by atoms with E-state index in [1.807, 2.05) is 23.1 Å². The van der Waals surface area contributed by atoms with Crippen molar-refractivity contribution in [3.63, 3.8) is 0 Å². The topological polar surface area (TPSA) is 145 Å². The molecule has 1 aromatic carbocycles. The van der Waals surface area contributed by atoms with E-state index >= 15 is 0 Å². The Morgan fingerprint density at radius 2 is 1.97 bits per heavy atom. The summed E-state index contributed by atoms with van der Waals surface area (Å²) in [5.74, 6) is -0.783. The molecule has 0 bridgehead atoms. The fourth-order valence-electron chi connectivity index (χ4n) is 6.13. The van der Waals surface area contributed by atoms with Crippen molar-refractivity contribution in [3.05, 3.63) is 60.0 Å². The molecule has 5 heterocycles. The normalized spacial score (nSPS) is 38.0. The van der Waals surface area contributed by atoms with E-state index < -0.39 is 49.5 Å². The molecule has 2 saturated heterocycles. The number of piperidine rings is 1. The van der Waals surface area contributed by atoms with E-state index in [2.05, 4.69) is 17.6 Å². The number of hydrogen-bond donors (Lipinski definition) is 5. The summed E-state index contributed by atoms with van der Waals surface area (Å²) in [5.41, 5.74) is 3.89. The molecule has 0 saturated carbocycles. The van der Waals surface area contributed by atoms with Crippen molar-refractivity contribution < 1.29 is 39.4 Å². The zero-order chi connectivity index (χ0) is 25.1. The maximum atomic E-state index is 13.5. The number of carbonyl (C=O) groups is 1. The largest absolute Gasteiger partial charge is 0.471 e. The molecule has 5 N–H and O–H groups in total. The monoisotopic (exact) mass is 498 g/mol. The van der Waals surface area contributed by atoms with Gasteiger partial charge < -0.3 is 44.5 Å². The summed E-state index contributed by atoms with van der Waals surface area (Å²) < 4.78 is 17.2. The molecule has 0 aliphatic carbocycles. The Kier molecular flexibility index (Phi) is 5.90. The average molecular weight is 499 g/mol. The first kappa shape index (κ1) is 23.7. The van der Waals surface area contributed by atoms with Gasteiger partial charge >= 0.3 is 0 Å². The van der Waals surface area contributed by atoms with Crippen LogP contribution in [0.3, 0.4) is 0 Å². The highest BCUT2D eigenvalue weighted by atomic mass is 16.8. The van der Waals surface area contributed by atoms with Gasteiger partial charge in [-0.3, -0.25) is 4.79 Å². The molecule has 2 fully saturated rings. The second-order valence-corrected chi connectivity index (χ2v) is 9.89. The quantitative estimate of drug-likeness (QED) is 0.383. The number of para-hydroxylation sites is 1. The van der Waals surface area contributed by atoms with Crippen LogP contribution in [-0.4, -0.2) is 86.4 Å². The fourth-order valence-corrected chi connectivity index (χ4v) is 6.13. The molecule has 36 heavy (non-hydrogen) atoms. The molecule has 1 aromatic heterocycles. The SMILES string of the molecule is C=C[C@H]1[C@H](OC2OC(CO)C(O)C(O)C2O)OC=C2C(=O)N3CCc4c([nH]c5ccccc45)C3C[C@H]21. The van der Waals surface area contributed by atoms with Crippen molar-refractivity contribution in [2.45, 2.75) is 55.9 Å². The van der Waals surface area contributed by atoms with Crippen molar-refractivity contribution in [1.82, 2.24) is 9.88 Å². The van der Waals surface area contributed by atoms with Crippen LogP contribution in [0.15, 0.2) is 48.8 Å². The zero-order valence-corrected chi connectivity index (χ0v) is 19.6. The van der Waals surface area contributed by atoms with Gasteiger partial charge in [-0.05, 0) is 24.5 Å². The Labute approximate surface area is 207 Å². The molecule has 10 nitrogen and oxygen atoms in total. The van der Waals surface area contributed by atoms with Crippen molar-refractivity contribution >= 4 is 16.8 Å². The lowest BCUT2D eigenvalue weighted by atomic mass is 9.74. The van der Waals surface area contributed by atoms with Crippen molar-refractivity contribution in [2.24, 2.45) is 11.8 Å². The molecule has 2 aromatic rings. The number of aromatic nitrogens is 1. The third-order valence-electron chi connectivity index (χ3n) is 8.04. The number of rotatable bonds is 4. The van der Waals surface area contributed by atoms with Gasteiger partial charge in [-0.1, -0.05) is 24.3 Å². The second-order valence-electron chi connectivity index (χ2n) is 9.89. The summed E-state index contributed by atoms with van der Waals surface area (Å²) in [6.45, 7) is 4.01. The molecule has 1 amide bonds. The fraction of sp³-hybridized carbons (Fsp3) is 0.500. The van der Waals surface area contributed by atoms with Crippen LogP contribution in [0, 0.1) is 11.8 Å². The minimum absolute atomic E-state index is 0.0845. The lowest BCUT2D eigenvalue weighted by Gasteiger charge is -2.48. The van der Waals surface area contributed by atoms with Gasteiger partial charge in [0.05, 0.1) is 24.5 Å². The third kappa shape index (κ3) is 3.52. The number of aromatic amines is 1. The van der Waals surface area contributed by atoms with E-state index in [0.29, 0.717) is 18.5 Å². The number of H-pyrrole nitrogens is 1. The number of carbonyl (C=O) groups excluding carboxylic acids is 1. The van der Waals surface area contributed by atoms with Crippen LogP contribution in [0.1, 0.15) is 23.7 Å². The standard InChI is InChI=1S/C26H30N2O8/c1-2-12-15-9-18-20-14(13-5-3-4-6-17(13)27-20)7-8-28(18)24(33)16(15)11-34-25(12)36-26-23(32)22(31)21(30)19(10-29)35-26/h2-6,11-12,15,18-19,21-23,25-27,29-32H,1,7-10H2/t12-,15+,18?,19?,21?,22?,23?,25+,26?/m1/s1. The number of ether oxygens (including phenoxy) is 3. The van der Waals surface area contributed by atoms with Crippen LogP contribution in [0.4, 0.5) is 0 Å². The zero-order valence-electron chi connectivity index (χ0n) is 19.6. The second kappa shape index (κ2) is 8.98. The summed E-state index contributed by atoms with van der Waals surface area (Å²) in [6, 6.07) is 8.01. The summed E-state index contributed by atoms with van der Waals surface area (Å²) in [5, 5.41) is 41.3. The summed E-state index contributed by atoms with van der Waals surface area (Å²) in [6.07, 6.45) is -3.53. The smallest absolute Gasteiger partial charge is 0.253 e. The van der Waals surface area contributed by atoms with Crippen LogP contribution >= 0.6 is 0 Å². The first-order valence-electron chi connectivity index (χ1n) is 12.3. The number of aliphatic hydroxyl groups excluding tert-OH is 4. The highest BCUT2D eigenvalue weighted by molar-refractivity contribution is 5.96. The highest BCUT2D eigenvalue weighted by Gasteiger charge is 2.51. The van der Waals surface area contributed by atoms with Crippen LogP contribution < -0.4 is 0 Å². The first-order chi connectivity index (χ1) is 17.4. The molecule has 9 atom stereocenters. The van der Waals surface area contributed by atoms with E-state index in [4.69, 9.17) is 14.2 Å². The van der Waals surface area contributed by atoms with Crippen LogP contribution in [0.2, 0.25) is 0 Å². The highest BCUT2D eigenvalue weighted by Crippen LogP contribution is 2.48. The van der Waals surface area contributed by atoms with Gasteiger partial charge in [-0.15, -0.1) is 6.58 Å². The van der Waals surface area contributed by atoms with Crippen LogP contribution in [0.5, 0.6) is 0 Å². The predicted octanol–water partition coefficient (Wildman–Crippen LogP) is 0.473. The van der Waals surface area contributed by atoms with Gasteiger partial charge in [0.2, 0.25) is 6.29 Å². The summed E-state index contributed by atoms with van der Waals surface area (Å²) >= 11 is 0. The molecular formula is C26H30N2O8. The van der Waals surface area contributed by atoms with Gasteiger partial charge in [0, 0.05) is 35.0 Å². The first-order valence-corrected chi connectivity index (χ1v) is 12.3. The molecule has 192 valence electrons. The van der Waals surface area contributed by atoms with Gasteiger partial charge in [-0.25, -0.2) is 0 Å². The molecule has 6 rings (SSSR count). The Balaban J connectivity index is 1.28. The number of fused-ring (bicyclic) bond motifs is 6. The number of nitrogens with one attached hydrogen (secondary N) is 1. The number of hydrogen-bond acceptors (Lipinski definition) is 8. The lowest BCUT2D eigenvalue weighted by molar-refractivity contribution is -0.339. The minimum atomic E-state index is -1.56. The van der Waals surface area contributed by atoms with Gasteiger partial charge in [-0.2, -0.15) is 0 Å². The van der Waals surface area contributed by atoms with Gasteiger partial charge in [0.1, 0.15) is 24.4 Å².